The van der Waals surface area contributed by atoms with E-state index in [2.05, 4.69) is 31.4 Å². The van der Waals surface area contributed by atoms with Crippen molar-refractivity contribution >= 4 is 34.1 Å². The van der Waals surface area contributed by atoms with E-state index in [1.54, 1.807) is 16.7 Å². The number of H-pyrrole nitrogens is 1. The van der Waals surface area contributed by atoms with Crippen molar-refractivity contribution in [3.63, 3.8) is 0 Å². The predicted molar refractivity (Wildman–Crippen MR) is 100 cm³/mol. The molecule has 0 bridgehead atoms. The third-order valence-electron chi connectivity index (χ3n) is 3.38. The van der Waals surface area contributed by atoms with E-state index in [0.717, 1.165) is 0 Å². The summed E-state index contributed by atoms with van der Waals surface area (Å²) in [6.07, 6.45) is 0. The lowest BCUT2D eigenvalue weighted by Gasteiger charge is -2.14. The molecule has 26 heavy (non-hydrogen) atoms. The zero-order valence-corrected chi connectivity index (χ0v) is 16.7. The van der Waals surface area contributed by atoms with Gasteiger partial charge in [-0.15, -0.1) is 0 Å². The minimum atomic E-state index is -0.319. The summed E-state index contributed by atoms with van der Waals surface area (Å²) in [4.78, 5) is 12.1. The fourth-order valence-corrected chi connectivity index (χ4v) is 3.05. The Bertz CT molecular complexity index is 887. The number of ether oxygens (including phenoxy) is 2. The van der Waals surface area contributed by atoms with Crippen LogP contribution >= 0.6 is 28.1 Å². The third kappa shape index (κ3) is 4.83. The molecule has 1 heterocycles. The van der Waals surface area contributed by atoms with Gasteiger partial charge in [0.05, 0.1) is 29.3 Å². The Balaban J connectivity index is 2.01. The fraction of sp³-hybridized carbons (Fsp3) is 0.375. The van der Waals surface area contributed by atoms with Gasteiger partial charge >= 0.3 is 0 Å². The van der Waals surface area contributed by atoms with Crippen molar-refractivity contribution in [1.82, 2.24) is 20.1 Å². The molecule has 0 fully saturated rings. The largest absolute Gasteiger partial charge is 0.490 e. The first kappa shape index (κ1) is 19.9. The molecule has 0 saturated carbocycles. The smallest absolute Gasteiger partial charge is 0.258 e. The molecule has 10 heteroatoms. The molecule has 1 amide bonds. The Kier molecular flexibility index (Phi) is 7.17. The van der Waals surface area contributed by atoms with E-state index in [1.165, 1.54) is 0 Å². The minimum absolute atomic E-state index is 0.206. The van der Waals surface area contributed by atoms with E-state index in [0.29, 0.717) is 45.3 Å². The molecule has 0 saturated heterocycles. The number of aromatic nitrogens is 3. The van der Waals surface area contributed by atoms with E-state index in [1.807, 2.05) is 19.9 Å². The molecular weight excluding hydrogens is 422 g/mol. The monoisotopic (exact) mass is 439 g/mol. The topological polar surface area (TPSA) is 105 Å². The number of nitriles is 1. The van der Waals surface area contributed by atoms with Crippen LogP contribution in [0.5, 0.6) is 11.5 Å². The number of carbonyl (C=O) groups excluding carboxylic acids is 1. The lowest BCUT2D eigenvalue weighted by Crippen LogP contribution is -2.29. The van der Waals surface area contributed by atoms with Crippen LogP contribution in [0.2, 0.25) is 0 Å². The van der Waals surface area contributed by atoms with Gasteiger partial charge < -0.3 is 19.4 Å². The number of nitrogens with one attached hydrogen (secondary N) is 2. The first-order valence-corrected chi connectivity index (χ1v) is 9.10. The zero-order chi connectivity index (χ0) is 19.1. The van der Waals surface area contributed by atoms with Gasteiger partial charge in [0.1, 0.15) is 0 Å². The van der Waals surface area contributed by atoms with Crippen LogP contribution in [0, 0.1) is 16.1 Å². The molecule has 0 aliphatic carbocycles. The first-order chi connectivity index (χ1) is 12.5. The summed E-state index contributed by atoms with van der Waals surface area (Å²) in [5.74, 6) is 1.09. The van der Waals surface area contributed by atoms with Crippen LogP contribution in [0.1, 0.15) is 25.2 Å². The molecule has 0 atom stereocenters. The highest BCUT2D eigenvalue weighted by atomic mass is 79.9. The lowest BCUT2D eigenvalue weighted by molar-refractivity contribution is -0.123. The maximum Gasteiger partial charge on any atom is 0.258 e. The van der Waals surface area contributed by atoms with E-state index in [4.69, 9.17) is 27.0 Å². The van der Waals surface area contributed by atoms with Crippen molar-refractivity contribution in [2.24, 2.45) is 0 Å². The number of amides is 1. The quantitative estimate of drug-likeness (QED) is 0.612. The summed E-state index contributed by atoms with van der Waals surface area (Å²) >= 11 is 8.45. The summed E-state index contributed by atoms with van der Waals surface area (Å²) in [6.45, 7) is 4.86. The number of hydrogen-bond acceptors (Lipinski definition) is 6. The molecule has 2 aromatic rings. The van der Waals surface area contributed by atoms with Gasteiger partial charge in [0.25, 0.3) is 5.91 Å². The molecule has 1 aromatic heterocycles. The van der Waals surface area contributed by atoms with E-state index >= 15 is 0 Å². The van der Waals surface area contributed by atoms with Crippen molar-refractivity contribution in [2.75, 3.05) is 13.2 Å². The van der Waals surface area contributed by atoms with Gasteiger partial charge in [-0.05, 0) is 48.1 Å². The van der Waals surface area contributed by atoms with Crippen LogP contribution in [-0.2, 0) is 17.9 Å². The second kappa shape index (κ2) is 9.35. The summed E-state index contributed by atoms with van der Waals surface area (Å²) in [7, 11) is 0. The number of carbonyl (C=O) groups is 1. The molecule has 0 aliphatic rings. The first-order valence-electron chi connectivity index (χ1n) is 7.90. The maximum atomic E-state index is 12.1. The zero-order valence-electron chi connectivity index (χ0n) is 14.3. The van der Waals surface area contributed by atoms with Crippen molar-refractivity contribution in [3.05, 3.63) is 32.8 Å². The van der Waals surface area contributed by atoms with Crippen LogP contribution < -0.4 is 14.8 Å². The van der Waals surface area contributed by atoms with Crippen LogP contribution in [0.15, 0.2) is 16.6 Å². The summed E-state index contributed by atoms with van der Waals surface area (Å²) < 4.78 is 13.9. The molecule has 0 spiro atoms. The SMILES string of the molecule is CCOc1cc(C#N)cc(Br)c1OCC(=O)NCc1n[nH]c(=S)n1CC. The molecule has 0 unspecified atom stereocenters. The molecule has 0 radical (unpaired) electrons. The van der Waals surface area contributed by atoms with E-state index in [9.17, 15) is 4.79 Å². The normalized spacial score (nSPS) is 10.2. The second-order valence-electron chi connectivity index (χ2n) is 5.08. The average Bonchev–Trinajstić information content (AvgIpc) is 2.98. The van der Waals surface area contributed by atoms with Crippen molar-refractivity contribution in [2.45, 2.75) is 26.9 Å². The van der Waals surface area contributed by atoms with E-state index in [-0.39, 0.29) is 19.1 Å². The van der Waals surface area contributed by atoms with Gasteiger partial charge in [-0.3, -0.25) is 9.89 Å². The second-order valence-corrected chi connectivity index (χ2v) is 6.33. The standard InChI is InChI=1S/C16H18BrN5O3S/c1-3-22-13(20-21-16(22)26)8-19-14(23)9-25-15-11(17)5-10(7-18)6-12(15)24-4-2/h5-6H,3-4,8-9H2,1-2H3,(H,19,23)(H,21,26). The van der Waals surface area contributed by atoms with Gasteiger partial charge in [-0.2, -0.15) is 10.4 Å². The molecule has 2 N–H and O–H groups in total. The van der Waals surface area contributed by atoms with E-state index < -0.39 is 0 Å². The van der Waals surface area contributed by atoms with Gasteiger partial charge in [0.2, 0.25) is 0 Å². The molecule has 8 nitrogen and oxygen atoms in total. The minimum Gasteiger partial charge on any atom is -0.490 e. The Morgan fingerprint density at radius 1 is 1.46 bits per heavy atom. The average molecular weight is 440 g/mol. The van der Waals surface area contributed by atoms with Crippen molar-refractivity contribution in [3.8, 4) is 17.6 Å². The Morgan fingerprint density at radius 2 is 2.23 bits per heavy atom. The van der Waals surface area contributed by atoms with Gasteiger partial charge in [0, 0.05) is 12.6 Å². The molecular formula is C16H18BrN5O3S. The van der Waals surface area contributed by atoms with Crippen molar-refractivity contribution in [1.29, 1.82) is 5.26 Å². The molecule has 2 rings (SSSR count). The lowest BCUT2D eigenvalue weighted by atomic mass is 10.2. The Labute approximate surface area is 164 Å². The summed E-state index contributed by atoms with van der Waals surface area (Å²) in [6, 6.07) is 5.22. The van der Waals surface area contributed by atoms with Gasteiger partial charge in [-0.25, -0.2) is 0 Å². The van der Waals surface area contributed by atoms with Gasteiger partial charge in [-0.1, -0.05) is 0 Å². The van der Waals surface area contributed by atoms with Crippen LogP contribution in [0.4, 0.5) is 0 Å². The number of aromatic amines is 1. The highest BCUT2D eigenvalue weighted by Crippen LogP contribution is 2.36. The third-order valence-corrected chi connectivity index (χ3v) is 4.28. The maximum absolute atomic E-state index is 12.1. The number of nitrogens with zero attached hydrogens (tertiary/aromatic N) is 3. The molecule has 138 valence electrons. The summed E-state index contributed by atoms with van der Waals surface area (Å²) in [5.41, 5.74) is 0.430. The highest BCUT2D eigenvalue weighted by molar-refractivity contribution is 9.10. The number of rotatable bonds is 8. The number of halogens is 1. The van der Waals surface area contributed by atoms with Crippen LogP contribution in [-0.4, -0.2) is 33.9 Å². The van der Waals surface area contributed by atoms with Crippen LogP contribution in [0.3, 0.4) is 0 Å². The number of hydrogen-bond donors (Lipinski definition) is 2. The summed E-state index contributed by atoms with van der Waals surface area (Å²) in [5, 5.41) is 18.5. The molecule has 1 aromatic carbocycles. The van der Waals surface area contributed by atoms with Crippen LogP contribution in [0.25, 0.3) is 0 Å². The predicted octanol–water partition coefficient (Wildman–Crippen LogP) is 2.69. The van der Waals surface area contributed by atoms with Crippen molar-refractivity contribution < 1.29 is 14.3 Å². The Morgan fingerprint density at radius 3 is 2.88 bits per heavy atom. The van der Waals surface area contributed by atoms with Gasteiger partial charge in [0.15, 0.2) is 28.7 Å². The fourth-order valence-electron chi connectivity index (χ4n) is 2.21. The Hall–Kier alpha value is -2.38. The highest BCUT2D eigenvalue weighted by Gasteiger charge is 2.14. The molecule has 0 aliphatic heterocycles. The number of benzene rings is 1.